The molecule has 0 bridgehead atoms. The molecule has 172 valence electrons. The summed E-state index contributed by atoms with van der Waals surface area (Å²) < 4.78 is 14.5. The molecule has 1 aromatic heterocycles. The van der Waals surface area contributed by atoms with Gasteiger partial charge in [0.2, 0.25) is 0 Å². The number of likely N-dealkylation sites (tertiary alicyclic amines) is 1. The van der Waals surface area contributed by atoms with Crippen LogP contribution in [0, 0.1) is 34.4 Å². The molecule has 0 amide bonds. The molecule has 2 aromatic carbocycles. The summed E-state index contributed by atoms with van der Waals surface area (Å²) in [5, 5.41) is 12.5. The fourth-order valence-corrected chi connectivity index (χ4v) is 4.29. The van der Waals surface area contributed by atoms with Gasteiger partial charge >= 0.3 is 0 Å². The number of carbonyl (C=O) groups is 1. The molecule has 1 aliphatic rings. The minimum Gasteiger partial charge on any atom is -0.337 e. The fraction of sp³-hybridized carbons (Fsp3) is 0.308. The van der Waals surface area contributed by atoms with Crippen molar-refractivity contribution < 1.29 is 9.18 Å². The number of benzene rings is 2. The minimum absolute atomic E-state index is 0.00485. The number of rotatable bonds is 5. The monoisotopic (exact) mass is 475 g/mol. The number of hydrogen-bond donors (Lipinski definition) is 1. The number of Topliss-reactive ketones (excluding diaryl/α,β-unsaturated/α-hetero) is 1. The highest BCUT2D eigenvalue weighted by Crippen LogP contribution is 2.31. The average molecular weight is 476 g/mol. The van der Waals surface area contributed by atoms with Gasteiger partial charge in [0.1, 0.15) is 12.1 Å². The maximum atomic E-state index is 14.5. The molecule has 0 unspecified atom stereocenters. The van der Waals surface area contributed by atoms with Crippen LogP contribution in [-0.4, -0.2) is 40.8 Å². The molecule has 0 radical (unpaired) electrons. The zero-order valence-electron chi connectivity index (χ0n) is 19.0. The maximum absolute atomic E-state index is 14.5. The number of fused-ring (bicyclic) bond motifs is 1. The zero-order valence-corrected chi connectivity index (χ0v) is 19.7. The first kappa shape index (κ1) is 23.6. The van der Waals surface area contributed by atoms with Crippen LogP contribution >= 0.6 is 11.6 Å². The summed E-state index contributed by atoms with van der Waals surface area (Å²) in [6, 6.07) is 10.2. The number of hydrogen-bond acceptors (Lipinski definition) is 6. The highest BCUT2D eigenvalue weighted by atomic mass is 35.5. The second kappa shape index (κ2) is 9.77. The molecule has 2 heterocycles. The third kappa shape index (κ3) is 5.17. The molecule has 1 aliphatic heterocycles. The Kier molecular flexibility index (Phi) is 6.79. The van der Waals surface area contributed by atoms with Crippen molar-refractivity contribution in [3.63, 3.8) is 0 Å². The van der Waals surface area contributed by atoms with Gasteiger partial charge in [0.15, 0.2) is 11.6 Å². The van der Waals surface area contributed by atoms with E-state index >= 15 is 0 Å². The highest BCUT2D eigenvalue weighted by molar-refractivity contribution is 6.31. The first-order valence-electron chi connectivity index (χ1n) is 10.9. The fourth-order valence-electron chi connectivity index (χ4n) is 4.11. The smallest absolute Gasteiger partial charge is 0.165 e. The van der Waals surface area contributed by atoms with Gasteiger partial charge in [-0.05, 0) is 56.8 Å². The van der Waals surface area contributed by atoms with E-state index in [9.17, 15) is 9.18 Å². The Morgan fingerprint density at radius 1 is 1.35 bits per heavy atom. The van der Waals surface area contributed by atoms with Gasteiger partial charge in [0.25, 0.3) is 0 Å². The maximum Gasteiger partial charge on any atom is 0.165 e. The Hall–Kier alpha value is -3.52. The summed E-state index contributed by atoms with van der Waals surface area (Å²) in [4.78, 5) is 23.2. The molecule has 0 aliphatic carbocycles. The minimum atomic E-state index is -0.586. The Morgan fingerprint density at radius 3 is 2.91 bits per heavy atom. The molecule has 0 spiro atoms. The molecule has 1 saturated heterocycles. The lowest BCUT2D eigenvalue weighted by molar-refractivity contribution is -0.117. The highest BCUT2D eigenvalue weighted by Gasteiger charge is 2.30. The van der Waals surface area contributed by atoms with Gasteiger partial charge in [0.05, 0.1) is 28.7 Å². The van der Waals surface area contributed by atoms with Crippen LogP contribution in [0.3, 0.4) is 0 Å². The van der Waals surface area contributed by atoms with Crippen molar-refractivity contribution in [3.8, 4) is 17.9 Å². The molecule has 6 nitrogen and oxygen atoms in total. The van der Waals surface area contributed by atoms with E-state index < -0.39 is 5.82 Å². The average Bonchev–Trinajstić information content (AvgIpc) is 3.14. The molecular formula is C26H23ClFN5O. The number of ketones is 1. The van der Waals surface area contributed by atoms with Crippen molar-refractivity contribution in [2.24, 2.45) is 5.41 Å². The van der Waals surface area contributed by atoms with E-state index in [0.29, 0.717) is 27.8 Å². The zero-order chi connectivity index (χ0) is 24.3. The SMILES string of the molecule is CN1CC[C@](C)(C#Cc2cc3ncnc(Nc4cccc(Cl)c4F)c3cc2CC(=O)CC#N)C1. The van der Waals surface area contributed by atoms with Crippen LogP contribution in [0.25, 0.3) is 10.9 Å². The topological polar surface area (TPSA) is 81.9 Å². The van der Waals surface area contributed by atoms with Crippen LogP contribution in [0.5, 0.6) is 0 Å². The molecule has 34 heavy (non-hydrogen) atoms. The number of carbonyl (C=O) groups excluding carboxylic acids is 1. The van der Waals surface area contributed by atoms with E-state index in [2.05, 4.69) is 46.0 Å². The van der Waals surface area contributed by atoms with Gasteiger partial charge in [-0.3, -0.25) is 4.79 Å². The number of nitrogens with one attached hydrogen (secondary N) is 1. The summed E-state index contributed by atoms with van der Waals surface area (Å²) in [5.74, 6) is 6.25. The lowest BCUT2D eigenvalue weighted by Crippen LogP contribution is -2.20. The molecule has 3 aromatic rings. The predicted molar refractivity (Wildman–Crippen MR) is 130 cm³/mol. The molecule has 4 rings (SSSR count). The number of nitrogens with zero attached hydrogens (tertiary/aromatic N) is 4. The summed E-state index contributed by atoms with van der Waals surface area (Å²) in [7, 11) is 2.07. The van der Waals surface area contributed by atoms with Crippen LogP contribution in [-0.2, 0) is 11.2 Å². The van der Waals surface area contributed by atoms with Crippen LogP contribution in [0.15, 0.2) is 36.7 Å². The number of anilines is 2. The first-order valence-corrected chi connectivity index (χ1v) is 11.2. The standard InChI is InChI=1S/C26H23ClFN5O/c1-26(9-11-33(2)15-26)8-6-17-14-23-20(13-18(17)12-19(34)7-10-29)25(31-16-30-23)32-22-5-3-4-21(27)24(22)28/h3-5,13-14,16H,7,9,11-12,15H2,1-2H3,(H,30,31,32)/t26-/m0/s1. The van der Waals surface area contributed by atoms with Crippen molar-refractivity contribution in [1.82, 2.24) is 14.9 Å². The normalized spacial score (nSPS) is 17.7. The number of nitriles is 1. The Morgan fingerprint density at radius 2 is 2.18 bits per heavy atom. The largest absolute Gasteiger partial charge is 0.337 e. The van der Waals surface area contributed by atoms with E-state index in [-0.39, 0.29) is 34.7 Å². The third-order valence-corrected chi connectivity index (χ3v) is 6.18. The predicted octanol–water partition coefficient (Wildman–Crippen LogP) is 4.88. The molecule has 1 N–H and O–H groups in total. The van der Waals surface area contributed by atoms with Crippen LogP contribution in [0.1, 0.15) is 30.9 Å². The van der Waals surface area contributed by atoms with E-state index in [1.807, 2.05) is 12.1 Å². The van der Waals surface area contributed by atoms with Crippen molar-refractivity contribution >= 4 is 39.8 Å². The summed E-state index contributed by atoms with van der Waals surface area (Å²) in [6.45, 7) is 3.99. The number of halogens is 2. The second-order valence-electron chi connectivity index (χ2n) is 8.82. The van der Waals surface area contributed by atoms with E-state index in [1.165, 1.54) is 12.4 Å². The van der Waals surface area contributed by atoms with Crippen LogP contribution in [0.4, 0.5) is 15.9 Å². The Bertz CT molecular complexity index is 1370. The summed E-state index contributed by atoms with van der Waals surface area (Å²) >= 11 is 5.91. The van der Waals surface area contributed by atoms with Gasteiger partial charge in [-0.15, -0.1) is 0 Å². The molecule has 0 saturated carbocycles. The Labute approximate surface area is 202 Å². The van der Waals surface area contributed by atoms with E-state index in [4.69, 9.17) is 16.9 Å². The van der Waals surface area contributed by atoms with Crippen molar-refractivity contribution in [3.05, 3.63) is 58.6 Å². The molecule has 1 fully saturated rings. The van der Waals surface area contributed by atoms with Crippen molar-refractivity contribution in [2.45, 2.75) is 26.2 Å². The van der Waals surface area contributed by atoms with Crippen LogP contribution in [0.2, 0.25) is 5.02 Å². The second-order valence-corrected chi connectivity index (χ2v) is 9.23. The van der Waals surface area contributed by atoms with Crippen LogP contribution < -0.4 is 5.32 Å². The molecule has 8 heteroatoms. The van der Waals surface area contributed by atoms with E-state index in [1.54, 1.807) is 18.2 Å². The summed E-state index contributed by atoms with van der Waals surface area (Å²) in [5.41, 5.74) is 2.01. The van der Waals surface area contributed by atoms with Gasteiger partial charge in [-0.1, -0.05) is 29.5 Å². The summed E-state index contributed by atoms with van der Waals surface area (Å²) in [6.07, 6.45) is 2.23. The number of aromatic nitrogens is 2. The lowest BCUT2D eigenvalue weighted by atomic mass is 9.89. The quantitative estimate of drug-likeness (QED) is 0.529. The molecular weight excluding hydrogens is 453 g/mol. The van der Waals surface area contributed by atoms with Crippen molar-refractivity contribution in [2.75, 3.05) is 25.5 Å². The van der Waals surface area contributed by atoms with Gasteiger partial charge in [0, 0.05) is 29.3 Å². The van der Waals surface area contributed by atoms with Gasteiger partial charge < -0.3 is 10.2 Å². The van der Waals surface area contributed by atoms with Crippen molar-refractivity contribution in [1.29, 1.82) is 5.26 Å². The van der Waals surface area contributed by atoms with Gasteiger partial charge in [-0.25, -0.2) is 14.4 Å². The Balaban J connectivity index is 1.79. The third-order valence-electron chi connectivity index (χ3n) is 5.89. The molecule has 1 atom stereocenters. The first-order chi connectivity index (χ1) is 16.3. The van der Waals surface area contributed by atoms with E-state index in [0.717, 1.165) is 19.5 Å². The lowest BCUT2D eigenvalue weighted by Gasteiger charge is -2.16. The van der Waals surface area contributed by atoms with Gasteiger partial charge in [-0.2, -0.15) is 5.26 Å².